The second-order valence-corrected chi connectivity index (χ2v) is 13.8. The Balaban J connectivity index is 0. The van der Waals surface area contributed by atoms with Crippen molar-refractivity contribution >= 4 is 17.8 Å². The van der Waals surface area contributed by atoms with Gasteiger partial charge in [0.25, 0.3) is 0 Å². The van der Waals surface area contributed by atoms with Gasteiger partial charge in [0.15, 0.2) is 0 Å². The molecule has 12 heteroatoms. The Kier molecular flexibility index (Phi) is 13.2. The Morgan fingerprint density at radius 3 is 1.77 bits per heavy atom. The van der Waals surface area contributed by atoms with Crippen molar-refractivity contribution in [1.29, 1.82) is 0 Å². The number of sulfonamides is 1. The summed E-state index contributed by atoms with van der Waals surface area (Å²) in [6, 6.07) is 0. The highest BCUT2D eigenvalue weighted by atomic mass is 32.2. The van der Waals surface area contributed by atoms with Crippen molar-refractivity contribution in [1.82, 2.24) is 4.31 Å². The third kappa shape index (κ3) is 18.1. The number of hydrogen-bond donors (Lipinski definition) is 1. The number of ether oxygens (including phenoxy) is 1. The molecule has 0 aromatic carbocycles. The third-order valence-corrected chi connectivity index (χ3v) is 6.29. The predicted molar refractivity (Wildman–Crippen MR) is 119 cm³/mol. The summed E-state index contributed by atoms with van der Waals surface area (Å²) in [6.45, 7) is 13.2. The van der Waals surface area contributed by atoms with Gasteiger partial charge in [-0.2, -0.15) is 4.31 Å². The standard InChI is InChI=1S/C14H32NO7PS.C5H14NO/c1-11(13(2,3)4)22-12(10-21-23(16,17)18)9-15(14(5,6)7)24(8,19)20;1-6(2,3)4-5-7/h11-12H,9-10H2,1-8H3,(H2,16,17,18);7H,4-5H2,1-3H3/q;+1/p-2/t11-,12-;/m0./s1. The van der Waals surface area contributed by atoms with Crippen LogP contribution in [0.2, 0.25) is 0 Å². The number of rotatable bonds is 10. The van der Waals surface area contributed by atoms with E-state index in [-0.39, 0.29) is 24.7 Å². The van der Waals surface area contributed by atoms with Crippen molar-refractivity contribution in [2.45, 2.75) is 66.2 Å². The van der Waals surface area contributed by atoms with Crippen LogP contribution in [-0.2, 0) is 23.8 Å². The lowest BCUT2D eigenvalue weighted by Crippen LogP contribution is -2.51. The molecule has 0 radical (unpaired) electrons. The maximum absolute atomic E-state index is 12.0. The van der Waals surface area contributed by atoms with Gasteiger partial charge in [-0.15, -0.1) is 0 Å². The van der Waals surface area contributed by atoms with E-state index in [1.807, 2.05) is 20.8 Å². The third-order valence-electron chi connectivity index (χ3n) is 4.32. The average Bonchev–Trinajstić information content (AvgIpc) is 2.44. The molecule has 0 fully saturated rings. The van der Waals surface area contributed by atoms with Gasteiger partial charge in [0.1, 0.15) is 6.54 Å². The molecular weight excluding hydrogens is 447 g/mol. The quantitative estimate of drug-likeness (QED) is 0.342. The van der Waals surface area contributed by atoms with Crippen LogP contribution in [0.4, 0.5) is 0 Å². The van der Waals surface area contributed by atoms with Crippen molar-refractivity contribution in [3.63, 3.8) is 0 Å². The van der Waals surface area contributed by atoms with Gasteiger partial charge < -0.3 is 33.2 Å². The number of aliphatic hydroxyl groups is 1. The fourth-order valence-electron chi connectivity index (χ4n) is 2.19. The average molecular weight is 492 g/mol. The highest BCUT2D eigenvalue weighted by molar-refractivity contribution is 7.88. The van der Waals surface area contributed by atoms with Gasteiger partial charge in [-0.3, -0.25) is 0 Å². The number of nitrogens with zero attached hydrogens (tertiary/aromatic N) is 2. The molecule has 0 aliphatic carbocycles. The molecule has 0 aromatic rings. The lowest BCUT2D eigenvalue weighted by molar-refractivity contribution is -0.870. The molecule has 2 atom stereocenters. The Bertz CT molecular complexity index is 660. The van der Waals surface area contributed by atoms with Crippen molar-refractivity contribution in [3.05, 3.63) is 0 Å². The number of likely N-dealkylation sites (N-methyl/N-ethyl adjacent to an activating group) is 1. The molecule has 0 saturated carbocycles. The largest absolute Gasteiger partial charge is 0.790 e. The summed E-state index contributed by atoms with van der Waals surface area (Å²) in [5, 5.41) is 8.39. The van der Waals surface area contributed by atoms with E-state index in [2.05, 4.69) is 25.7 Å². The number of hydrogen-bond acceptors (Lipinski definition) is 8. The molecule has 0 rings (SSSR count). The summed E-state index contributed by atoms with van der Waals surface area (Å²) in [4.78, 5) is 21.5. The molecule has 0 heterocycles. The molecule has 0 aliphatic heterocycles. The number of phosphoric acid groups is 1. The zero-order valence-electron chi connectivity index (χ0n) is 21.0. The molecule has 0 spiro atoms. The van der Waals surface area contributed by atoms with E-state index in [1.54, 1.807) is 27.7 Å². The molecule has 1 N–H and O–H groups in total. The van der Waals surface area contributed by atoms with Gasteiger partial charge in [-0.05, 0) is 33.1 Å². The van der Waals surface area contributed by atoms with Gasteiger partial charge in [0.05, 0.1) is 60.6 Å². The second kappa shape index (κ2) is 12.4. The van der Waals surface area contributed by atoms with Gasteiger partial charge in [0, 0.05) is 12.1 Å². The summed E-state index contributed by atoms with van der Waals surface area (Å²) in [5.41, 5.74) is -0.993. The Hall–Kier alpha value is -0.100. The number of phosphoric ester groups is 1. The maximum Gasteiger partial charge on any atom is 0.211 e. The van der Waals surface area contributed by atoms with Gasteiger partial charge in [-0.1, -0.05) is 20.8 Å². The van der Waals surface area contributed by atoms with Crippen LogP contribution in [-0.4, -0.2) is 93.8 Å². The van der Waals surface area contributed by atoms with E-state index >= 15 is 0 Å². The SMILES string of the molecule is C[C@H](O[C@H](COP(=O)([O-])[O-])CN(C(C)(C)C)S(C)(=O)=O)C(C)(C)C.C[N+](C)(C)CCO. The first-order valence-electron chi connectivity index (χ1n) is 10.1. The summed E-state index contributed by atoms with van der Waals surface area (Å²) >= 11 is 0. The number of quaternary nitrogens is 1. The van der Waals surface area contributed by atoms with E-state index < -0.39 is 36.1 Å². The van der Waals surface area contributed by atoms with Crippen LogP contribution >= 0.6 is 7.82 Å². The van der Waals surface area contributed by atoms with E-state index in [9.17, 15) is 22.8 Å². The first-order valence-corrected chi connectivity index (χ1v) is 13.4. The van der Waals surface area contributed by atoms with Crippen LogP contribution in [0.5, 0.6) is 0 Å². The molecule has 0 aromatic heterocycles. The van der Waals surface area contributed by atoms with Crippen molar-refractivity contribution in [2.75, 3.05) is 53.7 Å². The van der Waals surface area contributed by atoms with E-state index in [1.165, 1.54) is 4.31 Å². The Labute approximate surface area is 189 Å². The van der Waals surface area contributed by atoms with Crippen LogP contribution in [0.15, 0.2) is 0 Å². The molecule has 0 amide bonds. The first kappa shape index (κ1) is 33.1. The minimum atomic E-state index is -5.18. The normalized spacial score (nSPS) is 16.0. The molecule has 0 saturated heterocycles. The maximum atomic E-state index is 12.0. The summed E-state index contributed by atoms with van der Waals surface area (Å²) in [6.07, 6.45) is -0.148. The lowest BCUT2D eigenvalue weighted by atomic mass is 9.90. The monoisotopic (exact) mass is 491 g/mol. The number of aliphatic hydroxyl groups excluding tert-OH is 1. The van der Waals surface area contributed by atoms with Crippen LogP contribution in [0.3, 0.4) is 0 Å². The summed E-state index contributed by atoms with van der Waals surface area (Å²) < 4.78 is 47.0. The smallest absolute Gasteiger partial charge is 0.211 e. The molecular formula is C19H44N2O8PS-. The van der Waals surface area contributed by atoms with Gasteiger partial charge in [0.2, 0.25) is 10.0 Å². The van der Waals surface area contributed by atoms with Crippen molar-refractivity contribution in [3.8, 4) is 0 Å². The fraction of sp³-hybridized carbons (Fsp3) is 1.00. The minimum Gasteiger partial charge on any atom is -0.790 e. The molecule has 31 heavy (non-hydrogen) atoms. The lowest BCUT2D eigenvalue weighted by Gasteiger charge is -2.39. The molecule has 0 bridgehead atoms. The van der Waals surface area contributed by atoms with Crippen LogP contribution in [0.1, 0.15) is 48.5 Å². The minimum absolute atomic E-state index is 0.122. The van der Waals surface area contributed by atoms with Gasteiger partial charge in [-0.25, -0.2) is 8.42 Å². The van der Waals surface area contributed by atoms with E-state index in [0.717, 1.165) is 17.3 Å². The van der Waals surface area contributed by atoms with Crippen molar-refractivity contribution < 1.29 is 41.6 Å². The summed E-state index contributed by atoms with van der Waals surface area (Å²) in [5.74, 6) is 0. The van der Waals surface area contributed by atoms with Crippen LogP contribution in [0, 0.1) is 5.41 Å². The van der Waals surface area contributed by atoms with Crippen molar-refractivity contribution in [2.24, 2.45) is 5.41 Å². The zero-order chi connectivity index (χ0) is 25.5. The molecule has 10 nitrogen and oxygen atoms in total. The molecule has 190 valence electrons. The van der Waals surface area contributed by atoms with E-state index in [4.69, 9.17) is 9.84 Å². The summed E-state index contributed by atoms with van der Waals surface area (Å²) in [7, 11) is -2.59. The van der Waals surface area contributed by atoms with Gasteiger partial charge >= 0.3 is 0 Å². The Morgan fingerprint density at radius 1 is 1.10 bits per heavy atom. The highest BCUT2D eigenvalue weighted by Crippen LogP contribution is 2.28. The fourth-order valence-corrected chi connectivity index (χ4v) is 3.97. The zero-order valence-corrected chi connectivity index (χ0v) is 22.7. The van der Waals surface area contributed by atoms with Crippen LogP contribution in [0.25, 0.3) is 0 Å². The van der Waals surface area contributed by atoms with Crippen LogP contribution < -0.4 is 9.79 Å². The highest BCUT2D eigenvalue weighted by Gasteiger charge is 2.34. The molecule has 0 unspecified atom stereocenters. The first-order chi connectivity index (χ1) is 13.4. The Morgan fingerprint density at radius 2 is 1.55 bits per heavy atom. The van der Waals surface area contributed by atoms with E-state index in [0.29, 0.717) is 0 Å². The molecule has 0 aliphatic rings. The second-order valence-electron chi connectivity index (χ2n) is 10.7. The predicted octanol–water partition coefficient (Wildman–Crippen LogP) is 0.397. The topological polar surface area (TPSA) is 139 Å².